The third kappa shape index (κ3) is 4.31. The van der Waals surface area contributed by atoms with Crippen molar-refractivity contribution in [1.29, 1.82) is 0 Å². The van der Waals surface area contributed by atoms with E-state index in [-0.39, 0.29) is 17.9 Å². The lowest BCUT2D eigenvalue weighted by molar-refractivity contribution is -0.121. The van der Waals surface area contributed by atoms with Crippen LogP contribution in [0.4, 0.5) is 0 Å². The Balaban J connectivity index is 2.02. The van der Waals surface area contributed by atoms with Crippen LogP contribution in [-0.4, -0.2) is 42.4 Å². The molecule has 1 aliphatic rings. The fraction of sp³-hybridized carbons (Fsp3) is 0.529. The fourth-order valence-corrected chi connectivity index (χ4v) is 2.88. The Hall–Kier alpha value is -1.88. The minimum absolute atomic E-state index is 0.0453. The van der Waals surface area contributed by atoms with Gasteiger partial charge in [-0.05, 0) is 38.3 Å². The van der Waals surface area contributed by atoms with E-state index in [2.05, 4.69) is 5.32 Å². The van der Waals surface area contributed by atoms with E-state index < -0.39 is 0 Å². The molecule has 1 aromatic carbocycles. The number of hydrogen-bond donors (Lipinski definition) is 2. The van der Waals surface area contributed by atoms with Gasteiger partial charge in [0.2, 0.25) is 5.91 Å². The van der Waals surface area contributed by atoms with Crippen LogP contribution in [0.5, 0.6) is 0 Å². The van der Waals surface area contributed by atoms with Gasteiger partial charge in [-0.25, -0.2) is 0 Å². The summed E-state index contributed by atoms with van der Waals surface area (Å²) in [6.45, 7) is 3.60. The first-order chi connectivity index (χ1) is 10.6. The second kappa shape index (κ2) is 7.94. The lowest BCUT2D eigenvalue weighted by Crippen LogP contribution is -2.49. The highest BCUT2D eigenvalue weighted by Gasteiger charge is 2.27. The molecular weight excluding hydrogens is 278 g/mol. The van der Waals surface area contributed by atoms with Gasteiger partial charge >= 0.3 is 0 Å². The van der Waals surface area contributed by atoms with E-state index in [0.717, 1.165) is 36.9 Å². The molecule has 1 fully saturated rings. The SMILES string of the molecule is Cc1cccc(C(=O)N2CCCCC2CNC(=O)CCN)c1. The van der Waals surface area contributed by atoms with Crippen molar-refractivity contribution in [3.63, 3.8) is 0 Å². The van der Waals surface area contributed by atoms with Crippen LogP contribution >= 0.6 is 0 Å². The molecule has 1 unspecified atom stereocenters. The van der Waals surface area contributed by atoms with Crippen LogP contribution in [-0.2, 0) is 4.79 Å². The van der Waals surface area contributed by atoms with Crippen LogP contribution in [0.15, 0.2) is 24.3 Å². The molecule has 0 aliphatic carbocycles. The van der Waals surface area contributed by atoms with E-state index in [1.54, 1.807) is 0 Å². The largest absolute Gasteiger partial charge is 0.354 e. The first-order valence-electron chi connectivity index (χ1n) is 7.96. The molecule has 5 nitrogen and oxygen atoms in total. The number of hydrogen-bond acceptors (Lipinski definition) is 3. The molecule has 0 spiro atoms. The first-order valence-corrected chi connectivity index (χ1v) is 7.96. The number of likely N-dealkylation sites (tertiary alicyclic amines) is 1. The normalized spacial score (nSPS) is 18.1. The van der Waals surface area contributed by atoms with Gasteiger partial charge in [0, 0.05) is 37.7 Å². The quantitative estimate of drug-likeness (QED) is 0.864. The molecule has 1 aliphatic heterocycles. The minimum atomic E-state index is -0.0453. The van der Waals surface area contributed by atoms with Gasteiger partial charge in [-0.1, -0.05) is 17.7 Å². The first kappa shape index (κ1) is 16.5. The molecule has 0 aromatic heterocycles. The molecule has 1 atom stereocenters. The predicted octanol–water partition coefficient (Wildman–Crippen LogP) is 1.45. The number of nitrogens with one attached hydrogen (secondary N) is 1. The van der Waals surface area contributed by atoms with Crippen LogP contribution in [0.1, 0.15) is 41.6 Å². The van der Waals surface area contributed by atoms with E-state index in [9.17, 15) is 9.59 Å². The smallest absolute Gasteiger partial charge is 0.254 e. The monoisotopic (exact) mass is 303 g/mol. The standard InChI is InChI=1S/C17H25N3O2/c1-13-5-4-6-14(11-13)17(22)20-10-3-2-7-15(20)12-19-16(21)8-9-18/h4-6,11,15H,2-3,7-10,12,18H2,1H3,(H,19,21). The number of piperidine rings is 1. The summed E-state index contributed by atoms with van der Waals surface area (Å²) in [7, 11) is 0. The van der Waals surface area contributed by atoms with Crippen molar-refractivity contribution in [2.24, 2.45) is 5.73 Å². The van der Waals surface area contributed by atoms with Crippen LogP contribution in [0, 0.1) is 6.92 Å². The van der Waals surface area contributed by atoms with Gasteiger partial charge in [-0.15, -0.1) is 0 Å². The highest BCUT2D eigenvalue weighted by Crippen LogP contribution is 2.19. The Morgan fingerprint density at radius 2 is 2.18 bits per heavy atom. The average Bonchev–Trinajstić information content (AvgIpc) is 2.53. The summed E-state index contributed by atoms with van der Waals surface area (Å²) in [6.07, 6.45) is 3.37. The zero-order valence-corrected chi connectivity index (χ0v) is 13.2. The lowest BCUT2D eigenvalue weighted by Gasteiger charge is -2.36. The second-order valence-electron chi connectivity index (χ2n) is 5.86. The zero-order chi connectivity index (χ0) is 15.9. The Morgan fingerprint density at radius 3 is 2.91 bits per heavy atom. The molecule has 0 radical (unpaired) electrons. The van der Waals surface area contributed by atoms with Crippen molar-refractivity contribution in [2.45, 2.75) is 38.6 Å². The molecule has 1 saturated heterocycles. The number of nitrogens with zero attached hydrogens (tertiary/aromatic N) is 1. The van der Waals surface area contributed by atoms with Crippen molar-refractivity contribution in [2.75, 3.05) is 19.6 Å². The van der Waals surface area contributed by atoms with E-state index in [0.29, 0.717) is 19.5 Å². The summed E-state index contributed by atoms with van der Waals surface area (Å²) in [6, 6.07) is 7.74. The topological polar surface area (TPSA) is 75.4 Å². The predicted molar refractivity (Wildman–Crippen MR) is 86.5 cm³/mol. The molecule has 2 rings (SSSR count). The van der Waals surface area contributed by atoms with E-state index in [1.807, 2.05) is 36.1 Å². The molecule has 3 N–H and O–H groups in total. The summed E-state index contributed by atoms with van der Waals surface area (Å²) >= 11 is 0. The maximum atomic E-state index is 12.7. The van der Waals surface area contributed by atoms with Crippen molar-refractivity contribution in [3.8, 4) is 0 Å². The highest BCUT2D eigenvalue weighted by molar-refractivity contribution is 5.94. The number of benzene rings is 1. The number of nitrogens with two attached hydrogens (primary N) is 1. The number of amides is 2. The number of carbonyl (C=O) groups is 2. The maximum absolute atomic E-state index is 12.7. The molecular formula is C17H25N3O2. The number of rotatable bonds is 5. The van der Waals surface area contributed by atoms with Crippen LogP contribution in [0.25, 0.3) is 0 Å². The van der Waals surface area contributed by atoms with Gasteiger partial charge < -0.3 is 16.0 Å². The summed E-state index contributed by atoms with van der Waals surface area (Å²) in [5, 5.41) is 2.89. The van der Waals surface area contributed by atoms with Crippen molar-refractivity contribution >= 4 is 11.8 Å². The van der Waals surface area contributed by atoms with Crippen LogP contribution < -0.4 is 11.1 Å². The van der Waals surface area contributed by atoms with E-state index >= 15 is 0 Å². The van der Waals surface area contributed by atoms with Gasteiger partial charge in [0.25, 0.3) is 5.91 Å². The summed E-state index contributed by atoms with van der Waals surface area (Å²) < 4.78 is 0. The molecule has 1 heterocycles. The number of aryl methyl sites for hydroxylation is 1. The van der Waals surface area contributed by atoms with Crippen molar-refractivity contribution in [1.82, 2.24) is 10.2 Å². The van der Waals surface area contributed by atoms with Gasteiger partial charge in [-0.3, -0.25) is 9.59 Å². The van der Waals surface area contributed by atoms with Gasteiger partial charge in [0.1, 0.15) is 0 Å². The van der Waals surface area contributed by atoms with Gasteiger partial charge in [-0.2, -0.15) is 0 Å². The molecule has 2 amide bonds. The van der Waals surface area contributed by atoms with Crippen molar-refractivity contribution in [3.05, 3.63) is 35.4 Å². The minimum Gasteiger partial charge on any atom is -0.354 e. The molecule has 1 aromatic rings. The second-order valence-corrected chi connectivity index (χ2v) is 5.86. The zero-order valence-electron chi connectivity index (χ0n) is 13.2. The molecule has 120 valence electrons. The summed E-state index contributed by atoms with van der Waals surface area (Å²) in [5.74, 6) is 0.0116. The third-order valence-electron chi connectivity index (χ3n) is 4.06. The van der Waals surface area contributed by atoms with Gasteiger partial charge in [0.15, 0.2) is 0 Å². The van der Waals surface area contributed by atoms with Crippen LogP contribution in [0.3, 0.4) is 0 Å². The third-order valence-corrected chi connectivity index (χ3v) is 4.06. The average molecular weight is 303 g/mol. The Labute approximate surface area is 131 Å². The molecule has 22 heavy (non-hydrogen) atoms. The maximum Gasteiger partial charge on any atom is 0.254 e. The Bertz CT molecular complexity index is 530. The lowest BCUT2D eigenvalue weighted by atomic mass is 10.00. The van der Waals surface area contributed by atoms with E-state index in [1.165, 1.54) is 0 Å². The van der Waals surface area contributed by atoms with Gasteiger partial charge in [0.05, 0.1) is 0 Å². The molecule has 5 heteroatoms. The molecule has 0 bridgehead atoms. The van der Waals surface area contributed by atoms with Crippen LogP contribution in [0.2, 0.25) is 0 Å². The Kier molecular flexibility index (Phi) is 5.95. The summed E-state index contributed by atoms with van der Waals surface area (Å²) in [4.78, 5) is 26.2. The number of carbonyl (C=O) groups excluding carboxylic acids is 2. The fourth-order valence-electron chi connectivity index (χ4n) is 2.88. The summed E-state index contributed by atoms with van der Waals surface area (Å²) in [5.41, 5.74) is 7.18. The molecule has 0 saturated carbocycles. The highest BCUT2D eigenvalue weighted by atomic mass is 16.2. The van der Waals surface area contributed by atoms with E-state index in [4.69, 9.17) is 5.73 Å². The van der Waals surface area contributed by atoms with Crippen molar-refractivity contribution < 1.29 is 9.59 Å². The Morgan fingerprint density at radius 1 is 1.36 bits per heavy atom.